The number of nitrogens with zero attached hydrogens (tertiary/aromatic N) is 2. The molecule has 0 aromatic carbocycles. The molecule has 0 radical (unpaired) electrons. The Kier molecular flexibility index (Phi) is 6.95. The zero-order valence-corrected chi connectivity index (χ0v) is 13.6. The maximum absolute atomic E-state index is 12.2. The van der Waals surface area contributed by atoms with Gasteiger partial charge in [-0.25, -0.2) is 9.59 Å². The Hall–Kier alpha value is -1.30. The van der Waals surface area contributed by atoms with Crippen LogP contribution in [0.5, 0.6) is 0 Å². The fraction of sp³-hybridized carbons (Fsp3) is 0.867. The summed E-state index contributed by atoms with van der Waals surface area (Å²) >= 11 is 0. The number of carboxylic acids is 1. The van der Waals surface area contributed by atoms with Gasteiger partial charge in [-0.3, -0.25) is 0 Å². The third-order valence-electron chi connectivity index (χ3n) is 4.49. The molecular formula is C15H29N3O3. The van der Waals surface area contributed by atoms with Crippen molar-refractivity contribution < 1.29 is 14.7 Å². The van der Waals surface area contributed by atoms with E-state index in [0.717, 1.165) is 19.4 Å². The summed E-state index contributed by atoms with van der Waals surface area (Å²) < 4.78 is 0. The second-order valence-electron chi connectivity index (χ2n) is 6.15. The maximum atomic E-state index is 12.2. The number of nitrogens with one attached hydrogen (secondary N) is 1. The lowest BCUT2D eigenvalue weighted by Crippen LogP contribution is -2.54. The first-order chi connectivity index (χ1) is 9.86. The van der Waals surface area contributed by atoms with Crippen molar-refractivity contribution in [2.24, 2.45) is 5.92 Å². The number of likely N-dealkylation sites (tertiary alicyclic amines) is 1. The van der Waals surface area contributed by atoms with Crippen molar-refractivity contribution in [3.63, 3.8) is 0 Å². The van der Waals surface area contributed by atoms with Gasteiger partial charge < -0.3 is 20.2 Å². The molecule has 1 heterocycles. The highest BCUT2D eigenvalue weighted by Gasteiger charge is 2.34. The number of aliphatic carboxylic acids is 1. The average molecular weight is 299 g/mol. The van der Waals surface area contributed by atoms with Crippen LogP contribution in [0.4, 0.5) is 4.79 Å². The molecule has 6 nitrogen and oxygen atoms in total. The molecule has 0 aromatic rings. The van der Waals surface area contributed by atoms with Crippen LogP contribution in [-0.4, -0.2) is 65.7 Å². The molecule has 1 saturated heterocycles. The molecule has 21 heavy (non-hydrogen) atoms. The van der Waals surface area contributed by atoms with Gasteiger partial charge in [-0.2, -0.15) is 0 Å². The van der Waals surface area contributed by atoms with Crippen molar-refractivity contribution in [3.8, 4) is 0 Å². The zero-order chi connectivity index (χ0) is 16.0. The molecule has 3 unspecified atom stereocenters. The van der Waals surface area contributed by atoms with E-state index in [1.807, 2.05) is 14.0 Å². The van der Waals surface area contributed by atoms with Gasteiger partial charge in [-0.1, -0.05) is 13.8 Å². The second kappa shape index (κ2) is 8.22. The molecule has 2 N–H and O–H groups in total. The predicted molar refractivity (Wildman–Crippen MR) is 82.3 cm³/mol. The Morgan fingerprint density at radius 1 is 1.48 bits per heavy atom. The summed E-state index contributed by atoms with van der Waals surface area (Å²) in [6, 6.07) is -0.475. The summed E-state index contributed by atoms with van der Waals surface area (Å²) in [5.74, 6) is -0.555. The number of piperidine rings is 1. The van der Waals surface area contributed by atoms with Crippen molar-refractivity contribution in [1.29, 1.82) is 0 Å². The molecule has 122 valence electrons. The van der Waals surface area contributed by atoms with Crippen LogP contribution in [0.15, 0.2) is 0 Å². The number of hydrogen-bond acceptors (Lipinski definition) is 3. The third kappa shape index (κ3) is 5.19. The number of carboxylic acid groups (broad SMARTS) is 1. The fourth-order valence-electron chi connectivity index (χ4n) is 2.59. The van der Waals surface area contributed by atoms with Crippen LogP contribution < -0.4 is 5.32 Å². The van der Waals surface area contributed by atoms with Crippen LogP contribution in [0.1, 0.15) is 40.0 Å². The molecule has 0 aliphatic carbocycles. The Morgan fingerprint density at radius 3 is 2.71 bits per heavy atom. The van der Waals surface area contributed by atoms with E-state index in [1.54, 1.807) is 0 Å². The van der Waals surface area contributed by atoms with Crippen molar-refractivity contribution in [2.45, 2.75) is 52.1 Å². The van der Waals surface area contributed by atoms with Gasteiger partial charge >= 0.3 is 12.0 Å². The SMILES string of the molecule is CCC(C)N(C)CCNC(=O)N1CCC(C)CC1C(=O)O. The normalized spacial score (nSPS) is 24.0. The lowest BCUT2D eigenvalue weighted by Gasteiger charge is -2.36. The van der Waals surface area contributed by atoms with E-state index < -0.39 is 12.0 Å². The third-order valence-corrected chi connectivity index (χ3v) is 4.49. The van der Waals surface area contributed by atoms with Gasteiger partial charge in [-0.15, -0.1) is 0 Å². The lowest BCUT2D eigenvalue weighted by molar-refractivity contribution is -0.143. The van der Waals surface area contributed by atoms with Crippen molar-refractivity contribution >= 4 is 12.0 Å². The van der Waals surface area contributed by atoms with Crippen LogP contribution in [0.3, 0.4) is 0 Å². The van der Waals surface area contributed by atoms with Crippen LogP contribution in [0, 0.1) is 5.92 Å². The number of likely N-dealkylation sites (N-methyl/N-ethyl adjacent to an activating group) is 1. The average Bonchev–Trinajstić information content (AvgIpc) is 2.45. The van der Waals surface area contributed by atoms with Crippen LogP contribution in [-0.2, 0) is 4.79 Å². The first kappa shape index (κ1) is 17.8. The maximum Gasteiger partial charge on any atom is 0.326 e. The van der Waals surface area contributed by atoms with Gasteiger partial charge in [0.05, 0.1) is 0 Å². The predicted octanol–water partition coefficient (Wildman–Crippen LogP) is 1.61. The van der Waals surface area contributed by atoms with Crippen molar-refractivity contribution in [1.82, 2.24) is 15.1 Å². The van der Waals surface area contributed by atoms with Gasteiger partial charge in [-0.05, 0) is 39.2 Å². The van der Waals surface area contributed by atoms with Gasteiger partial charge in [0.1, 0.15) is 6.04 Å². The molecule has 1 aliphatic rings. The van der Waals surface area contributed by atoms with Crippen molar-refractivity contribution in [3.05, 3.63) is 0 Å². The van der Waals surface area contributed by atoms with Crippen LogP contribution >= 0.6 is 0 Å². The van der Waals surface area contributed by atoms with E-state index >= 15 is 0 Å². The van der Waals surface area contributed by atoms with Gasteiger partial charge in [0, 0.05) is 25.7 Å². The Bertz CT molecular complexity index is 362. The molecule has 2 amide bonds. The summed E-state index contributed by atoms with van der Waals surface area (Å²) in [6.45, 7) is 8.14. The summed E-state index contributed by atoms with van der Waals surface area (Å²) in [6.07, 6.45) is 2.47. The van der Waals surface area contributed by atoms with Gasteiger partial charge in [0.25, 0.3) is 0 Å². The molecular weight excluding hydrogens is 270 g/mol. The number of carbonyl (C=O) groups excluding carboxylic acids is 1. The highest BCUT2D eigenvalue weighted by Crippen LogP contribution is 2.22. The molecule has 0 bridgehead atoms. The monoisotopic (exact) mass is 299 g/mol. The Labute approximate surface area is 127 Å². The van der Waals surface area contributed by atoms with E-state index in [0.29, 0.717) is 31.5 Å². The molecule has 0 saturated carbocycles. The summed E-state index contributed by atoms with van der Waals surface area (Å²) in [5.41, 5.74) is 0. The minimum absolute atomic E-state index is 0.258. The molecule has 1 fully saturated rings. The Balaban J connectivity index is 2.45. The molecule has 0 aromatic heterocycles. The first-order valence-electron chi connectivity index (χ1n) is 7.84. The highest BCUT2D eigenvalue weighted by molar-refractivity contribution is 5.82. The van der Waals surface area contributed by atoms with E-state index in [2.05, 4.69) is 24.1 Å². The van der Waals surface area contributed by atoms with E-state index in [-0.39, 0.29) is 6.03 Å². The van der Waals surface area contributed by atoms with E-state index in [9.17, 15) is 14.7 Å². The number of hydrogen-bond donors (Lipinski definition) is 2. The Morgan fingerprint density at radius 2 is 2.14 bits per heavy atom. The minimum Gasteiger partial charge on any atom is -0.480 e. The largest absolute Gasteiger partial charge is 0.480 e. The van der Waals surface area contributed by atoms with E-state index in [4.69, 9.17) is 0 Å². The molecule has 6 heteroatoms. The first-order valence-corrected chi connectivity index (χ1v) is 7.84. The van der Waals surface area contributed by atoms with E-state index in [1.165, 1.54) is 4.90 Å². The number of carbonyl (C=O) groups is 2. The summed E-state index contributed by atoms with van der Waals surface area (Å²) in [5, 5.41) is 12.1. The molecule has 0 spiro atoms. The van der Waals surface area contributed by atoms with Gasteiger partial charge in [0.2, 0.25) is 0 Å². The molecule has 1 aliphatic heterocycles. The number of urea groups is 1. The van der Waals surface area contributed by atoms with Crippen molar-refractivity contribution in [2.75, 3.05) is 26.7 Å². The summed E-state index contributed by atoms with van der Waals surface area (Å²) in [7, 11) is 2.03. The number of amides is 2. The highest BCUT2D eigenvalue weighted by atomic mass is 16.4. The number of rotatable bonds is 6. The second-order valence-corrected chi connectivity index (χ2v) is 6.15. The smallest absolute Gasteiger partial charge is 0.326 e. The summed E-state index contributed by atoms with van der Waals surface area (Å²) in [4.78, 5) is 27.1. The minimum atomic E-state index is -0.909. The lowest BCUT2D eigenvalue weighted by atomic mass is 9.93. The quantitative estimate of drug-likeness (QED) is 0.781. The molecule has 3 atom stereocenters. The standard InChI is InChI=1S/C15H29N3O3/c1-5-12(3)17(4)9-7-16-15(21)18-8-6-11(2)10-13(18)14(19)20/h11-13H,5-10H2,1-4H3,(H,16,21)(H,19,20). The zero-order valence-electron chi connectivity index (χ0n) is 13.6. The van der Waals surface area contributed by atoms with Crippen LogP contribution in [0.25, 0.3) is 0 Å². The topological polar surface area (TPSA) is 72.9 Å². The van der Waals surface area contributed by atoms with Gasteiger partial charge in [0.15, 0.2) is 0 Å². The van der Waals surface area contributed by atoms with Crippen LogP contribution in [0.2, 0.25) is 0 Å². The molecule has 1 rings (SSSR count). The fourth-order valence-corrected chi connectivity index (χ4v) is 2.59.